The smallest absolute Gasteiger partial charge is 0.433 e. The van der Waals surface area contributed by atoms with Crippen LogP contribution in [0.15, 0.2) is 42.6 Å². The Morgan fingerprint density at radius 1 is 1.07 bits per heavy atom. The molecule has 2 aromatic carbocycles. The van der Waals surface area contributed by atoms with Crippen LogP contribution in [0.25, 0.3) is 16.9 Å². The number of carbonyl (C=O) groups excluding carboxylic acids is 1. The lowest BCUT2D eigenvalue weighted by Crippen LogP contribution is -2.54. The van der Waals surface area contributed by atoms with Crippen molar-refractivity contribution in [2.45, 2.75) is 39.0 Å². The van der Waals surface area contributed by atoms with Crippen LogP contribution in [0.2, 0.25) is 0 Å². The fraction of sp³-hybridized carbons (Fsp3) is 0.345. The molecule has 0 spiro atoms. The van der Waals surface area contributed by atoms with Crippen molar-refractivity contribution in [3.8, 4) is 17.0 Å². The highest BCUT2D eigenvalue weighted by molar-refractivity contribution is 6.00. The zero-order valence-electron chi connectivity index (χ0n) is 23.1. The molecule has 1 fully saturated rings. The van der Waals surface area contributed by atoms with E-state index in [1.807, 2.05) is 4.90 Å². The van der Waals surface area contributed by atoms with Crippen LogP contribution in [0.1, 0.15) is 47.1 Å². The first-order valence-corrected chi connectivity index (χ1v) is 13.1. The second kappa shape index (κ2) is 10.9. The molecule has 0 N–H and O–H groups in total. The van der Waals surface area contributed by atoms with E-state index in [1.54, 1.807) is 38.1 Å². The van der Waals surface area contributed by atoms with Gasteiger partial charge in [-0.2, -0.15) is 18.3 Å². The molecular formula is C29H27F6N5O2. The molecule has 13 heteroatoms. The molecule has 5 rings (SSSR count). The molecule has 222 valence electrons. The molecule has 4 aromatic rings. The van der Waals surface area contributed by atoms with Gasteiger partial charge in [0.25, 0.3) is 5.91 Å². The van der Waals surface area contributed by atoms with E-state index in [-0.39, 0.29) is 34.6 Å². The lowest BCUT2D eigenvalue weighted by molar-refractivity contribution is -0.143. The molecule has 0 aliphatic carbocycles. The minimum Gasteiger partial charge on any atom is -0.497 e. The zero-order valence-corrected chi connectivity index (χ0v) is 23.1. The number of hydrogen-bond donors (Lipinski definition) is 0. The molecule has 1 amide bonds. The van der Waals surface area contributed by atoms with Crippen LogP contribution in [0.4, 0.5) is 26.3 Å². The monoisotopic (exact) mass is 591 g/mol. The van der Waals surface area contributed by atoms with Crippen LogP contribution in [-0.2, 0) is 6.18 Å². The summed E-state index contributed by atoms with van der Waals surface area (Å²) in [4.78, 5) is 21.6. The van der Waals surface area contributed by atoms with E-state index in [2.05, 4.69) is 10.1 Å². The summed E-state index contributed by atoms with van der Waals surface area (Å²) in [6.45, 7) is 5.55. The van der Waals surface area contributed by atoms with Crippen LogP contribution >= 0.6 is 0 Å². The van der Waals surface area contributed by atoms with E-state index in [0.29, 0.717) is 28.9 Å². The Hall–Kier alpha value is -4.13. The summed E-state index contributed by atoms with van der Waals surface area (Å²) in [5.41, 5.74) is -0.806. The number of amides is 1. The molecule has 0 radical (unpaired) electrons. The number of benzene rings is 2. The number of hydrogen-bond acceptors (Lipinski definition) is 5. The number of rotatable bonds is 5. The summed E-state index contributed by atoms with van der Waals surface area (Å²) in [5.74, 6) is -4.15. The molecule has 0 saturated carbocycles. The van der Waals surface area contributed by atoms with Gasteiger partial charge in [-0.15, -0.1) is 0 Å². The second-order valence-electron chi connectivity index (χ2n) is 10.3. The van der Waals surface area contributed by atoms with Gasteiger partial charge in [-0.05, 0) is 62.7 Å². The predicted octanol–water partition coefficient (Wildman–Crippen LogP) is 6.06. The lowest BCUT2D eigenvalue weighted by Gasteiger charge is -2.42. The summed E-state index contributed by atoms with van der Waals surface area (Å²) in [7, 11) is 1.47. The molecule has 42 heavy (non-hydrogen) atoms. The molecule has 0 unspecified atom stereocenters. The van der Waals surface area contributed by atoms with E-state index < -0.39 is 47.3 Å². The maximum absolute atomic E-state index is 14.3. The van der Waals surface area contributed by atoms with Gasteiger partial charge in [0, 0.05) is 42.8 Å². The summed E-state index contributed by atoms with van der Waals surface area (Å²) in [6, 6.07) is 7.35. The topological polar surface area (TPSA) is 63.0 Å². The standard InChI is InChI=1S/C29H27F6N5O2/c1-15-14-38(17(3)19-11-22(30)24(32)23(31)12-19)9-10-39(15)28(41)21-13-36-40-26(29(33,34)35)16(2)25(37-27(21)40)18-5-7-20(42-4)8-6-18/h5-8,11-13,15,17H,9-10,14H2,1-4H3/t15-,17-/m1/s1. The summed E-state index contributed by atoms with van der Waals surface area (Å²) < 4.78 is 89.7. The number of aromatic nitrogens is 3. The maximum atomic E-state index is 14.3. The van der Waals surface area contributed by atoms with Gasteiger partial charge in [0.15, 0.2) is 28.8 Å². The third-order valence-electron chi connectivity index (χ3n) is 7.70. The highest BCUT2D eigenvalue weighted by atomic mass is 19.4. The number of fused-ring (bicyclic) bond motifs is 1. The maximum Gasteiger partial charge on any atom is 0.433 e. The van der Waals surface area contributed by atoms with Crippen molar-refractivity contribution in [3.05, 3.63) is 82.4 Å². The van der Waals surface area contributed by atoms with Gasteiger partial charge in [-0.25, -0.2) is 22.7 Å². The Morgan fingerprint density at radius 3 is 2.29 bits per heavy atom. The van der Waals surface area contributed by atoms with Crippen molar-refractivity contribution in [1.82, 2.24) is 24.4 Å². The fourth-order valence-corrected chi connectivity index (χ4v) is 5.41. The lowest BCUT2D eigenvalue weighted by atomic mass is 10.0. The Labute approximate surface area is 237 Å². The van der Waals surface area contributed by atoms with E-state index in [9.17, 15) is 31.1 Å². The highest BCUT2D eigenvalue weighted by Gasteiger charge is 2.39. The number of ether oxygens (including phenoxy) is 1. The number of nitrogens with zero attached hydrogens (tertiary/aromatic N) is 5. The second-order valence-corrected chi connectivity index (χ2v) is 10.3. The number of methoxy groups -OCH3 is 1. The van der Waals surface area contributed by atoms with Crippen molar-refractivity contribution < 1.29 is 35.9 Å². The Morgan fingerprint density at radius 2 is 1.71 bits per heavy atom. The summed E-state index contributed by atoms with van der Waals surface area (Å²) >= 11 is 0. The Kier molecular flexibility index (Phi) is 7.64. The van der Waals surface area contributed by atoms with Crippen molar-refractivity contribution in [2.24, 2.45) is 0 Å². The van der Waals surface area contributed by atoms with Crippen molar-refractivity contribution >= 4 is 11.6 Å². The molecule has 2 atom stereocenters. The highest BCUT2D eigenvalue weighted by Crippen LogP contribution is 2.37. The number of halogens is 6. The minimum absolute atomic E-state index is 0.0532. The average Bonchev–Trinajstić information content (AvgIpc) is 3.37. The van der Waals surface area contributed by atoms with Crippen LogP contribution in [-0.4, -0.2) is 63.1 Å². The Balaban J connectivity index is 1.47. The SMILES string of the molecule is COc1ccc(-c2nc3c(C(=O)N4CCN([C@H](C)c5cc(F)c(F)c(F)c5)C[C@H]4C)cnn3c(C(F)(F)F)c2C)cc1. The molecule has 2 aromatic heterocycles. The third kappa shape index (κ3) is 5.17. The minimum atomic E-state index is -4.78. The van der Waals surface area contributed by atoms with Crippen molar-refractivity contribution in [1.29, 1.82) is 0 Å². The van der Waals surface area contributed by atoms with Crippen molar-refractivity contribution in [3.63, 3.8) is 0 Å². The number of carbonyl (C=O) groups is 1. The molecule has 7 nitrogen and oxygen atoms in total. The van der Waals surface area contributed by atoms with Crippen LogP contribution < -0.4 is 4.74 Å². The van der Waals surface area contributed by atoms with Gasteiger partial charge >= 0.3 is 6.18 Å². The molecular weight excluding hydrogens is 564 g/mol. The molecule has 1 aliphatic rings. The van der Waals surface area contributed by atoms with Gasteiger partial charge in [0.1, 0.15) is 11.3 Å². The molecule has 0 bridgehead atoms. The normalized spacial score (nSPS) is 17.1. The largest absolute Gasteiger partial charge is 0.497 e. The summed E-state index contributed by atoms with van der Waals surface area (Å²) in [5, 5.41) is 3.91. The third-order valence-corrected chi connectivity index (χ3v) is 7.70. The fourth-order valence-electron chi connectivity index (χ4n) is 5.41. The van der Waals surface area contributed by atoms with Crippen LogP contribution in [0, 0.1) is 24.4 Å². The van der Waals surface area contributed by atoms with Gasteiger partial charge < -0.3 is 9.64 Å². The van der Waals surface area contributed by atoms with Crippen molar-refractivity contribution in [2.75, 3.05) is 26.7 Å². The van der Waals surface area contributed by atoms with E-state index >= 15 is 0 Å². The van der Waals surface area contributed by atoms with E-state index in [1.165, 1.54) is 18.9 Å². The molecule has 1 aliphatic heterocycles. The first-order valence-electron chi connectivity index (χ1n) is 13.1. The van der Waals surface area contributed by atoms with Gasteiger partial charge in [0.05, 0.1) is 19.0 Å². The van der Waals surface area contributed by atoms with Gasteiger partial charge in [0.2, 0.25) is 0 Å². The number of alkyl halides is 3. The van der Waals surface area contributed by atoms with Crippen LogP contribution in [0.3, 0.4) is 0 Å². The molecule has 1 saturated heterocycles. The molecule has 3 heterocycles. The van der Waals surface area contributed by atoms with Gasteiger partial charge in [-0.1, -0.05) is 0 Å². The zero-order chi connectivity index (χ0) is 30.5. The first kappa shape index (κ1) is 29.4. The van der Waals surface area contributed by atoms with E-state index in [4.69, 9.17) is 4.74 Å². The Bertz CT molecular complexity index is 1630. The predicted molar refractivity (Wildman–Crippen MR) is 142 cm³/mol. The average molecular weight is 592 g/mol. The van der Waals surface area contributed by atoms with E-state index in [0.717, 1.165) is 18.3 Å². The quantitative estimate of drug-likeness (QED) is 0.209. The van der Waals surface area contributed by atoms with Gasteiger partial charge in [-0.3, -0.25) is 9.69 Å². The number of piperazine rings is 1. The van der Waals surface area contributed by atoms with Crippen LogP contribution in [0.5, 0.6) is 5.75 Å². The summed E-state index contributed by atoms with van der Waals surface area (Å²) in [6.07, 6.45) is -3.70. The first-order chi connectivity index (χ1) is 19.8.